The van der Waals surface area contributed by atoms with Gasteiger partial charge >= 0.3 is 0 Å². The van der Waals surface area contributed by atoms with Gasteiger partial charge < -0.3 is 10.1 Å². The molecule has 0 bridgehead atoms. The maximum atomic E-state index is 5.24. The van der Waals surface area contributed by atoms with Gasteiger partial charge in [-0.1, -0.05) is 13.0 Å². The summed E-state index contributed by atoms with van der Waals surface area (Å²) in [4.78, 5) is 8.65. The van der Waals surface area contributed by atoms with Crippen molar-refractivity contribution in [3.8, 4) is 5.75 Å². The SMILES string of the molecule is CCc1cccnc1CNc1ncccc1OC. The molecule has 0 fully saturated rings. The fourth-order valence-corrected chi connectivity index (χ4v) is 1.81. The molecule has 0 spiro atoms. The number of hydrogen-bond donors (Lipinski definition) is 1. The molecular weight excluding hydrogens is 226 g/mol. The van der Waals surface area contributed by atoms with Crippen LogP contribution in [0.15, 0.2) is 36.7 Å². The molecule has 1 N–H and O–H groups in total. The Morgan fingerprint density at radius 2 is 1.94 bits per heavy atom. The molecule has 2 rings (SSSR count). The summed E-state index contributed by atoms with van der Waals surface area (Å²) in [7, 11) is 1.64. The summed E-state index contributed by atoms with van der Waals surface area (Å²) in [5.41, 5.74) is 2.30. The van der Waals surface area contributed by atoms with Crippen molar-refractivity contribution in [1.82, 2.24) is 9.97 Å². The number of nitrogens with one attached hydrogen (secondary N) is 1. The first-order valence-electron chi connectivity index (χ1n) is 6.00. The highest BCUT2D eigenvalue weighted by molar-refractivity contribution is 5.49. The van der Waals surface area contributed by atoms with E-state index in [-0.39, 0.29) is 0 Å². The summed E-state index contributed by atoms with van der Waals surface area (Å²) >= 11 is 0. The zero-order chi connectivity index (χ0) is 12.8. The maximum absolute atomic E-state index is 5.24. The molecule has 2 heterocycles. The van der Waals surface area contributed by atoms with Gasteiger partial charge in [-0.25, -0.2) is 4.98 Å². The Kier molecular flexibility index (Phi) is 4.12. The van der Waals surface area contributed by atoms with Gasteiger partial charge in [0.1, 0.15) is 0 Å². The number of anilines is 1. The van der Waals surface area contributed by atoms with E-state index in [4.69, 9.17) is 4.74 Å². The Morgan fingerprint density at radius 1 is 1.17 bits per heavy atom. The Morgan fingerprint density at radius 3 is 2.72 bits per heavy atom. The van der Waals surface area contributed by atoms with Crippen LogP contribution in [0.1, 0.15) is 18.2 Å². The quantitative estimate of drug-likeness (QED) is 0.877. The molecule has 0 aliphatic rings. The third-order valence-corrected chi connectivity index (χ3v) is 2.78. The van der Waals surface area contributed by atoms with E-state index in [1.54, 1.807) is 13.3 Å². The van der Waals surface area contributed by atoms with Crippen LogP contribution in [0.25, 0.3) is 0 Å². The molecule has 4 heteroatoms. The molecule has 94 valence electrons. The predicted molar refractivity (Wildman–Crippen MR) is 71.7 cm³/mol. The minimum Gasteiger partial charge on any atom is -0.493 e. The Labute approximate surface area is 107 Å². The molecule has 0 aromatic carbocycles. The van der Waals surface area contributed by atoms with Gasteiger partial charge in [0.2, 0.25) is 0 Å². The van der Waals surface area contributed by atoms with Crippen LogP contribution in [0, 0.1) is 0 Å². The minimum absolute atomic E-state index is 0.650. The smallest absolute Gasteiger partial charge is 0.169 e. The Bertz CT molecular complexity index is 466. The van der Waals surface area contributed by atoms with Crippen LogP contribution < -0.4 is 10.1 Å². The van der Waals surface area contributed by atoms with Crippen molar-refractivity contribution >= 4 is 5.82 Å². The van der Waals surface area contributed by atoms with Crippen LogP contribution in [-0.4, -0.2) is 17.1 Å². The molecule has 2 aromatic heterocycles. The molecule has 0 saturated carbocycles. The van der Waals surface area contributed by atoms with Crippen LogP contribution in [0.3, 0.4) is 0 Å². The molecule has 2 aromatic rings. The zero-order valence-electron chi connectivity index (χ0n) is 10.7. The second-order valence-corrected chi connectivity index (χ2v) is 3.87. The maximum Gasteiger partial charge on any atom is 0.169 e. The number of ether oxygens (including phenoxy) is 1. The molecule has 0 amide bonds. The summed E-state index contributed by atoms with van der Waals surface area (Å²) < 4.78 is 5.24. The molecule has 0 radical (unpaired) electrons. The normalized spacial score (nSPS) is 10.1. The third kappa shape index (κ3) is 2.77. The van der Waals surface area contributed by atoms with Crippen molar-refractivity contribution in [3.63, 3.8) is 0 Å². The van der Waals surface area contributed by atoms with Crippen LogP contribution >= 0.6 is 0 Å². The van der Waals surface area contributed by atoms with Gasteiger partial charge in [-0.05, 0) is 30.2 Å². The minimum atomic E-state index is 0.650. The van der Waals surface area contributed by atoms with E-state index in [0.717, 1.165) is 23.7 Å². The molecule has 0 unspecified atom stereocenters. The molecule has 0 atom stereocenters. The first-order valence-corrected chi connectivity index (χ1v) is 6.00. The lowest BCUT2D eigenvalue weighted by atomic mass is 10.1. The van der Waals surface area contributed by atoms with Crippen LogP contribution in [0.2, 0.25) is 0 Å². The summed E-state index contributed by atoms with van der Waals surface area (Å²) in [5, 5.41) is 3.26. The summed E-state index contributed by atoms with van der Waals surface area (Å²) in [6.07, 6.45) is 4.53. The second kappa shape index (κ2) is 6.00. The predicted octanol–water partition coefficient (Wildman–Crippen LogP) is 2.66. The summed E-state index contributed by atoms with van der Waals surface area (Å²) in [6, 6.07) is 7.79. The van der Waals surface area contributed by atoms with Gasteiger partial charge in [0, 0.05) is 12.4 Å². The van der Waals surface area contributed by atoms with E-state index in [2.05, 4.69) is 28.3 Å². The average molecular weight is 243 g/mol. The standard InChI is InChI=1S/C14H17N3O/c1-3-11-6-4-8-15-12(11)10-17-14-13(18-2)7-5-9-16-14/h4-9H,3,10H2,1-2H3,(H,16,17). The van der Waals surface area contributed by atoms with E-state index in [1.165, 1.54) is 5.56 Å². The van der Waals surface area contributed by atoms with E-state index in [0.29, 0.717) is 6.54 Å². The fraction of sp³-hybridized carbons (Fsp3) is 0.286. The van der Waals surface area contributed by atoms with Crippen molar-refractivity contribution in [2.75, 3.05) is 12.4 Å². The van der Waals surface area contributed by atoms with Crippen molar-refractivity contribution in [2.45, 2.75) is 19.9 Å². The molecule has 0 aliphatic heterocycles. The van der Waals surface area contributed by atoms with Gasteiger partial charge in [0.25, 0.3) is 0 Å². The highest BCUT2D eigenvalue weighted by Crippen LogP contribution is 2.20. The van der Waals surface area contributed by atoms with Gasteiger partial charge in [-0.3, -0.25) is 4.98 Å². The third-order valence-electron chi connectivity index (χ3n) is 2.78. The van der Waals surface area contributed by atoms with Gasteiger partial charge in [-0.2, -0.15) is 0 Å². The van der Waals surface area contributed by atoms with Crippen LogP contribution in [0.5, 0.6) is 5.75 Å². The monoisotopic (exact) mass is 243 g/mol. The number of nitrogens with zero attached hydrogens (tertiary/aromatic N) is 2. The van der Waals surface area contributed by atoms with Crippen molar-refractivity contribution < 1.29 is 4.74 Å². The molecule has 0 aliphatic carbocycles. The van der Waals surface area contributed by atoms with Crippen molar-refractivity contribution in [2.24, 2.45) is 0 Å². The lowest BCUT2D eigenvalue weighted by Crippen LogP contribution is -2.07. The first kappa shape index (κ1) is 12.4. The number of aromatic nitrogens is 2. The van der Waals surface area contributed by atoms with E-state index < -0.39 is 0 Å². The van der Waals surface area contributed by atoms with Gasteiger partial charge in [0.05, 0.1) is 19.3 Å². The number of methoxy groups -OCH3 is 1. The van der Waals surface area contributed by atoms with Crippen LogP contribution in [-0.2, 0) is 13.0 Å². The second-order valence-electron chi connectivity index (χ2n) is 3.87. The lowest BCUT2D eigenvalue weighted by molar-refractivity contribution is 0.415. The topological polar surface area (TPSA) is 47.0 Å². The van der Waals surface area contributed by atoms with Crippen molar-refractivity contribution in [1.29, 1.82) is 0 Å². The highest BCUT2D eigenvalue weighted by atomic mass is 16.5. The lowest BCUT2D eigenvalue weighted by Gasteiger charge is -2.11. The van der Waals surface area contributed by atoms with Crippen molar-refractivity contribution in [3.05, 3.63) is 47.9 Å². The molecule has 18 heavy (non-hydrogen) atoms. The highest BCUT2D eigenvalue weighted by Gasteiger charge is 2.05. The molecule has 4 nitrogen and oxygen atoms in total. The number of aryl methyl sites for hydroxylation is 1. The summed E-state index contributed by atoms with van der Waals surface area (Å²) in [6.45, 7) is 2.78. The van der Waals surface area contributed by atoms with E-state index in [1.807, 2.05) is 24.4 Å². The average Bonchev–Trinajstić information content (AvgIpc) is 2.45. The molecule has 0 saturated heterocycles. The van der Waals surface area contributed by atoms with E-state index in [9.17, 15) is 0 Å². The fourth-order valence-electron chi connectivity index (χ4n) is 1.81. The van der Waals surface area contributed by atoms with Gasteiger partial charge in [0.15, 0.2) is 11.6 Å². The number of pyridine rings is 2. The molecular formula is C14H17N3O. The van der Waals surface area contributed by atoms with E-state index >= 15 is 0 Å². The zero-order valence-corrected chi connectivity index (χ0v) is 10.7. The van der Waals surface area contributed by atoms with Gasteiger partial charge in [-0.15, -0.1) is 0 Å². The number of hydrogen-bond acceptors (Lipinski definition) is 4. The largest absolute Gasteiger partial charge is 0.493 e. The number of rotatable bonds is 5. The van der Waals surface area contributed by atoms with Crippen LogP contribution in [0.4, 0.5) is 5.82 Å². The Hall–Kier alpha value is -2.10. The first-order chi connectivity index (χ1) is 8.85. The summed E-state index contributed by atoms with van der Waals surface area (Å²) in [5.74, 6) is 1.49. The Balaban J connectivity index is 2.11.